The molecule has 5 rings (SSSR count). The summed E-state index contributed by atoms with van der Waals surface area (Å²) in [6.45, 7) is 1.89. The number of nitrogens with zero attached hydrogens (tertiary/aromatic N) is 3. The van der Waals surface area contributed by atoms with E-state index in [2.05, 4.69) is 63.8 Å². The Kier molecular flexibility index (Phi) is 4.90. The number of anilines is 1. The van der Waals surface area contributed by atoms with E-state index in [1.165, 1.54) is 35.1 Å². The Morgan fingerprint density at radius 1 is 0.931 bits per heavy atom. The highest BCUT2D eigenvalue weighted by Crippen LogP contribution is 2.33. The van der Waals surface area contributed by atoms with Crippen LogP contribution in [0.2, 0.25) is 0 Å². The van der Waals surface area contributed by atoms with Crippen molar-refractivity contribution in [2.45, 2.75) is 44.8 Å². The lowest BCUT2D eigenvalue weighted by molar-refractivity contribution is -0.117. The molecule has 0 saturated heterocycles. The number of aromatic nitrogens is 2. The molecule has 1 fully saturated rings. The first-order valence-corrected chi connectivity index (χ1v) is 10.5. The molecule has 3 aromatic rings. The van der Waals surface area contributed by atoms with Gasteiger partial charge in [0.25, 0.3) is 0 Å². The lowest BCUT2D eigenvalue weighted by Gasteiger charge is -2.21. The predicted molar refractivity (Wildman–Crippen MR) is 114 cm³/mol. The zero-order valence-corrected chi connectivity index (χ0v) is 16.6. The number of rotatable bonds is 4. The van der Waals surface area contributed by atoms with Crippen molar-refractivity contribution in [1.29, 1.82) is 0 Å². The molecule has 1 aliphatic carbocycles. The molecule has 0 atom stereocenters. The van der Waals surface area contributed by atoms with E-state index in [0.29, 0.717) is 12.6 Å². The van der Waals surface area contributed by atoms with Crippen LogP contribution in [-0.2, 0) is 17.9 Å². The Morgan fingerprint density at radius 2 is 1.55 bits per heavy atom. The van der Waals surface area contributed by atoms with Crippen LogP contribution in [0.25, 0.3) is 11.1 Å². The average Bonchev–Trinajstić information content (AvgIpc) is 3.38. The Balaban J connectivity index is 1.34. The smallest absolute Gasteiger partial charge is 0.239 e. The Labute approximate surface area is 171 Å². The standard InChI is InChI=1S/C24H26N4O/c29-24(26-23-13-14-25-28(23)20-9-3-4-10-20)17-27-15-18-7-1-5-11-21(18)22-12-6-2-8-19(22)16-27/h1-2,5-8,11-14,20H,3-4,9-10,15-17H2,(H,26,29). The van der Waals surface area contributed by atoms with E-state index >= 15 is 0 Å². The summed E-state index contributed by atoms with van der Waals surface area (Å²) in [5, 5.41) is 7.56. The number of hydrogen-bond acceptors (Lipinski definition) is 3. The topological polar surface area (TPSA) is 50.2 Å². The Morgan fingerprint density at radius 3 is 2.21 bits per heavy atom. The van der Waals surface area contributed by atoms with Crippen molar-refractivity contribution in [3.05, 3.63) is 71.9 Å². The molecule has 0 bridgehead atoms. The first kappa shape index (κ1) is 18.1. The van der Waals surface area contributed by atoms with Crippen LogP contribution in [0.15, 0.2) is 60.8 Å². The molecule has 1 amide bonds. The number of benzene rings is 2. The fraction of sp³-hybridized carbons (Fsp3) is 0.333. The average molecular weight is 386 g/mol. The van der Waals surface area contributed by atoms with Gasteiger partial charge in [0.1, 0.15) is 5.82 Å². The zero-order valence-electron chi connectivity index (χ0n) is 16.6. The van der Waals surface area contributed by atoms with Crippen LogP contribution in [0.3, 0.4) is 0 Å². The number of nitrogens with one attached hydrogen (secondary N) is 1. The number of amides is 1. The highest BCUT2D eigenvalue weighted by Gasteiger charge is 2.23. The van der Waals surface area contributed by atoms with Crippen molar-refractivity contribution < 1.29 is 4.79 Å². The van der Waals surface area contributed by atoms with Crippen molar-refractivity contribution in [2.75, 3.05) is 11.9 Å². The minimum atomic E-state index is 0.0154. The third-order valence-corrected chi connectivity index (χ3v) is 6.09. The predicted octanol–water partition coefficient (Wildman–Crippen LogP) is 4.62. The van der Waals surface area contributed by atoms with E-state index in [-0.39, 0.29) is 5.91 Å². The van der Waals surface area contributed by atoms with Gasteiger partial charge in [-0.15, -0.1) is 0 Å². The summed E-state index contributed by atoms with van der Waals surface area (Å²) in [4.78, 5) is 15.1. The van der Waals surface area contributed by atoms with Crippen LogP contribution in [0, 0.1) is 0 Å². The van der Waals surface area contributed by atoms with Crippen LogP contribution >= 0.6 is 0 Å². The van der Waals surface area contributed by atoms with Gasteiger partial charge in [0.15, 0.2) is 0 Å². The quantitative estimate of drug-likeness (QED) is 0.712. The van der Waals surface area contributed by atoms with E-state index in [9.17, 15) is 4.79 Å². The first-order chi connectivity index (χ1) is 14.3. The van der Waals surface area contributed by atoms with Gasteiger partial charge in [-0.3, -0.25) is 9.69 Å². The summed E-state index contributed by atoms with van der Waals surface area (Å²) < 4.78 is 2.00. The van der Waals surface area contributed by atoms with Crippen molar-refractivity contribution in [1.82, 2.24) is 14.7 Å². The van der Waals surface area contributed by atoms with Gasteiger partial charge in [0.05, 0.1) is 18.8 Å². The molecule has 5 heteroatoms. The molecule has 2 aromatic carbocycles. The molecule has 1 N–H and O–H groups in total. The van der Waals surface area contributed by atoms with Gasteiger partial charge in [-0.1, -0.05) is 61.4 Å². The summed E-state index contributed by atoms with van der Waals surface area (Å²) >= 11 is 0. The van der Waals surface area contributed by atoms with Gasteiger partial charge >= 0.3 is 0 Å². The zero-order chi connectivity index (χ0) is 19.6. The maximum absolute atomic E-state index is 12.9. The molecule has 1 aromatic heterocycles. The van der Waals surface area contributed by atoms with Gasteiger partial charge in [0.2, 0.25) is 5.91 Å². The number of fused-ring (bicyclic) bond motifs is 3. The minimum Gasteiger partial charge on any atom is -0.310 e. The number of hydrogen-bond donors (Lipinski definition) is 1. The number of carbonyl (C=O) groups excluding carboxylic acids is 1. The van der Waals surface area contributed by atoms with E-state index in [4.69, 9.17) is 0 Å². The Bertz CT molecular complexity index is 971. The van der Waals surface area contributed by atoms with Gasteiger partial charge in [0, 0.05) is 19.2 Å². The SMILES string of the molecule is O=C(CN1Cc2ccccc2-c2ccccc2C1)Nc1ccnn1C1CCCC1. The lowest BCUT2D eigenvalue weighted by Crippen LogP contribution is -2.32. The molecular formula is C24H26N4O. The summed E-state index contributed by atoms with van der Waals surface area (Å²) in [5.74, 6) is 0.833. The van der Waals surface area contributed by atoms with Gasteiger partial charge in [-0.2, -0.15) is 5.10 Å². The summed E-state index contributed by atoms with van der Waals surface area (Å²) in [5.41, 5.74) is 5.07. The summed E-state index contributed by atoms with van der Waals surface area (Å²) in [6.07, 6.45) is 6.55. The molecule has 1 aliphatic heterocycles. The van der Waals surface area contributed by atoms with Crippen LogP contribution in [0.5, 0.6) is 0 Å². The third kappa shape index (κ3) is 3.70. The van der Waals surface area contributed by atoms with Crippen LogP contribution < -0.4 is 5.32 Å². The molecule has 29 heavy (non-hydrogen) atoms. The fourth-order valence-corrected chi connectivity index (χ4v) is 4.73. The molecule has 0 spiro atoms. The minimum absolute atomic E-state index is 0.0154. The monoisotopic (exact) mass is 386 g/mol. The molecule has 5 nitrogen and oxygen atoms in total. The molecule has 148 valence electrons. The lowest BCUT2D eigenvalue weighted by atomic mass is 9.97. The van der Waals surface area contributed by atoms with E-state index in [1.807, 2.05) is 10.7 Å². The van der Waals surface area contributed by atoms with Crippen LogP contribution in [-0.4, -0.2) is 27.1 Å². The molecule has 0 unspecified atom stereocenters. The summed E-state index contributed by atoms with van der Waals surface area (Å²) in [6, 6.07) is 19.3. The van der Waals surface area contributed by atoms with E-state index < -0.39 is 0 Å². The molecular weight excluding hydrogens is 360 g/mol. The van der Waals surface area contributed by atoms with Crippen LogP contribution in [0.4, 0.5) is 5.82 Å². The van der Waals surface area contributed by atoms with Gasteiger partial charge in [-0.05, 0) is 35.1 Å². The maximum Gasteiger partial charge on any atom is 0.239 e. The fourth-order valence-electron chi connectivity index (χ4n) is 4.73. The van der Waals surface area contributed by atoms with Gasteiger partial charge < -0.3 is 5.32 Å². The maximum atomic E-state index is 12.9. The second-order valence-electron chi connectivity index (χ2n) is 8.11. The van der Waals surface area contributed by atoms with Crippen molar-refractivity contribution >= 4 is 11.7 Å². The van der Waals surface area contributed by atoms with Crippen LogP contribution in [0.1, 0.15) is 42.9 Å². The second-order valence-corrected chi connectivity index (χ2v) is 8.11. The second kappa shape index (κ2) is 7.84. The van der Waals surface area contributed by atoms with Crippen molar-refractivity contribution in [3.63, 3.8) is 0 Å². The van der Waals surface area contributed by atoms with Crippen molar-refractivity contribution in [2.24, 2.45) is 0 Å². The van der Waals surface area contributed by atoms with E-state index in [1.54, 1.807) is 6.20 Å². The largest absolute Gasteiger partial charge is 0.310 e. The summed E-state index contributed by atoms with van der Waals surface area (Å²) in [7, 11) is 0. The normalized spacial score (nSPS) is 16.8. The highest BCUT2D eigenvalue weighted by molar-refractivity contribution is 5.91. The Hall–Kier alpha value is -2.92. The first-order valence-electron chi connectivity index (χ1n) is 10.5. The number of carbonyl (C=O) groups is 1. The van der Waals surface area contributed by atoms with E-state index in [0.717, 1.165) is 31.7 Å². The molecule has 1 saturated carbocycles. The van der Waals surface area contributed by atoms with Crippen molar-refractivity contribution in [3.8, 4) is 11.1 Å². The van der Waals surface area contributed by atoms with Gasteiger partial charge in [-0.25, -0.2) is 4.68 Å². The molecule has 0 radical (unpaired) electrons. The molecule has 2 aliphatic rings. The highest BCUT2D eigenvalue weighted by atomic mass is 16.2. The molecule has 2 heterocycles. The third-order valence-electron chi connectivity index (χ3n) is 6.09.